The Bertz CT molecular complexity index is 1020. The molecule has 0 unspecified atom stereocenters. The van der Waals surface area contributed by atoms with E-state index in [1.807, 2.05) is 60.7 Å². The van der Waals surface area contributed by atoms with E-state index in [2.05, 4.69) is 4.74 Å². The highest BCUT2D eigenvalue weighted by Crippen LogP contribution is 2.48. The van der Waals surface area contributed by atoms with Gasteiger partial charge in [-0.05, 0) is 69.3 Å². The van der Waals surface area contributed by atoms with Crippen molar-refractivity contribution in [3.8, 4) is 5.75 Å². The van der Waals surface area contributed by atoms with Gasteiger partial charge in [0.25, 0.3) is 5.60 Å². The molecule has 0 saturated heterocycles. The number of benzene rings is 3. The first-order valence-corrected chi connectivity index (χ1v) is 11.9. The second-order valence-corrected chi connectivity index (χ2v) is 10.8. The Labute approximate surface area is 203 Å². The van der Waals surface area contributed by atoms with Crippen LogP contribution in [0.1, 0.15) is 20.8 Å². The molecule has 2 nitrogen and oxygen atoms in total. The van der Waals surface area contributed by atoms with E-state index in [0.29, 0.717) is 0 Å². The van der Waals surface area contributed by atoms with Crippen molar-refractivity contribution in [3.05, 3.63) is 84.9 Å². The Kier molecular flexibility index (Phi) is 7.81. The van der Waals surface area contributed by atoms with E-state index in [1.165, 1.54) is 12.1 Å². The maximum Gasteiger partial charge on any atom is 0.430 e. The number of hydrogen-bond acceptors (Lipinski definition) is 2. The average Bonchev–Trinajstić information content (AvgIpc) is 2.77. The van der Waals surface area contributed by atoms with E-state index in [9.17, 15) is 26.3 Å². The van der Waals surface area contributed by atoms with Gasteiger partial charge in [0.2, 0.25) is 0 Å². The highest BCUT2D eigenvalue weighted by atomic mass is 32.2. The van der Waals surface area contributed by atoms with Crippen molar-refractivity contribution < 1.29 is 35.8 Å². The van der Waals surface area contributed by atoms with Gasteiger partial charge in [0.15, 0.2) is 14.7 Å². The normalized spacial score (nSPS) is 13.2. The molecule has 0 heterocycles. The molecule has 3 rings (SSSR count). The highest BCUT2D eigenvalue weighted by Gasteiger charge is 2.74. The fourth-order valence-electron chi connectivity index (χ4n) is 3.37. The number of hydrogen-bond donors (Lipinski definition) is 0. The van der Waals surface area contributed by atoms with Crippen LogP contribution >= 0.6 is 0 Å². The van der Waals surface area contributed by atoms with Gasteiger partial charge in [0, 0.05) is 0 Å². The maximum atomic E-state index is 13.7. The van der Waals surface area contributed by atoms with Gasteiger partial charge in [-0.25, -0.2) is 0 Å². The zero-order valence-corrected chi connectivity index (χ0v) is 20.1. The molecule has 0 amide bonds. The molecule has 0 aliphatic rings. The minimum Gasteiger partial charge on any atom is -0.490 e. The summed E-state index contributed by atoms with van der Waals surface area (Å²) in [5.41, 5.74) is -6.20. The fraction of sp³-hybridized carbons (Fsp3) is 0.308. The quantitative estimate of drug-likeness (QED) is 0.236. The summed E-state index contributed by atoms with van der Waals surface area (Å²) in [4.78, 5) is 2.86. The first kappa shape index (κ1) is 26.9. The first-order valence-electron chi connectivity index (χ1n) is 10.6. The minimum absolute atomic E-state index is 0.131. The molecule has 0 fully saturated rings. The van der Waals surface area contributed by atoms with Crippen LogP contribution in [-0.2, 0) is 15.6 Å². The monoisotopic (exact) mass is 515 g/mol. The summed E-state index contributed by atoms with van der Waals surface area (Å²) in [6, 6.07) is 25.3. The molecule has 0 aliphatic heterocycles. The Hall–Kier alpha value is -2.65. The van der Waals surface area contributed by atoms with Crippen LogP contribution in [0.4, 0.5) is 26.3 Å². The van der Waals surface area contributed by atoms with Crippen molar-refractivity contribution >= 4 is 10.9 Å². The van der Waals surface area contributed by atoms with Crippen molar-refractivity contribution in [1.29, 1.82) is 0 Å². The first-order chi connectivity index (χ1) is 16.2. The predicted molar refractivity (Wildman–Crippen MR) is 123 cm³/mol. The van der Waals surface area contributed by atoms with Gasteiger partial charge < -0.3 is 9.47 Å². The molecule has 0 atom stereocenters. The lowest BCUT2D eigenvalue weighted by Gasteiger charge is -2.41. The van der Waals surface area contributed by atoms with Crippen LogP contribution in [0.3, 0.4) is 0 Å². The summed E-state index contributed by atoms with van der Waals surface area (Å²) in [7, 11) is -0.526. The number of rotatable bonds is 7. The smallest absolute Gasteiger partial charge is 0.430 e. The number of ether oxygens (including phenoxy) is 2. The lowest BCUT2D eigenvalue weighted by Crippen LogP contribution is -2.64. The molecule has 0 aliphatic carbocycles. The molecule has 35 heavy (non-hydrogen) atoms. The second-order valence-electron chi connectivity index (χ2n) is 8.73. The van der Waals surface area contributed by atoms with Crippen LogP contribution in [0, 0.1) is 0 Å². The van der Waals surface area contributed by atoms with E-state index in [-0.39, 0.29) is 5.75 Å². The molecule has 0 bridgehead atoms. The molecule has 0 aromatic heterocycles. The predicted octanol–water partition coefficient (Wildman–Crippen LogP) is 7.84. The molecule has 3 aromatic rings. The van der Waals surface area contributed by atoms with Crippen LogP contribution in [0.5, 0.6) is 5.75 Å². The summed E-state index contributed by atoms with van der Waals surface area (Å²) in [6.07, 6.45) is -11.5. The van der Waals surface area contributed by atoms with E-state index in [1.54, 1.807) is 12.1 Å². The highest BCUT2D eigenvalue weighted by molar-refractivity contribution is 7.97. The SMILES string of the molecule is CC(C)(C)OC(COc1ccc([S+](c2ccccc2)c2ccccc2)cc1)(C(F)(F)F)C(F)(F)F. The maximum absolute atomic E-state index is 13.7. The van der Waals surface area contributed by atoms with Gasteiger partial charge in [0.1, 0.15) is 12.4 Å². The Morgan fingerprint density at radius 1 is 0.600 bits per heavy atom. The summed E-state index contributed by atoms with van der Waals surface area (Å²) in [6.45, 7) is 1.62. The van der Waals surface area contributed by atoms with Crippen molar-refractivity contribution in [1.82, 2.24) is 0 Å². The zero-order chi connectivity index (χ0) is 25.9. The molecular formula is C26H25F6O2S+. The molecule has 3 aromatic carbocycles. The van der Waals surface area contributed by atoms with E-state index in [0.717, 1.165) is 35.5 Å². The molecule has 0 radical (unpaired) electrons. The molecule has 9 heteroatoms. The van der Waals surface area contributed by atoms with E-state index >= 15 is 0 Å². The van der Waals surface area contributed by atoms with Crippen molar-refractivity contribution in [2.75, 3.05) is 6.61 Å². The Morgan fingerprint density at radius 2 is 1.00 bits per heavy atom. The van der Waals surface area contributed by atoms with Crippen LogP contribution in [-0.4, -0.2) is 30.2 Å². The molecule has 0 saturated carbocycles. The van der Waals surface area contributed by atoms with Gasteiger partial charge in [0.05, 0.1) is 16.5 Å². The van der Waals surface area contributed by atoms with Crippen LogP contribution in [0.25, 0.3) is 0 Å². The minimum atomic E-state index is -5.74. The fourth-order valence-corrected chi connectivity index (χ4v) is 5.45. The topological polar surface area (TPSA) is 18.5 Å². The number of alkyl halides is 6. The average molecular weight is 516 g/mol. The van der Waals surface area contributed by atoms with Crippen molar-refractivity contribution in [2.24, 2.45) is 0 Å². The van der Waals surface area contributed by atoms with Gasteiger partial charge in [-0.15, -0.1) is 0 Å². The lowest BCUT2D eigenvalue weighted by molar-refractivity contribution is -0.403. The number of halogens is 6. The Morgan fingerprint density at radius 3 is 1.37 bits per heavy atom. The third-order valence-electron chi connectivity index (χ3n) is 4.86. The van der Waals surface area contributed by atoms with Crippen LogP contribution in [0.2, 0.25) is 0 Å². The van der Waals surface area contributed by atoms with E-state index in [4.69, 9.17) is 4.74 Å². The van der Waals surface area contributed by atoms with Crippen molar-refractivity contribution in [2.45, 2.75) is 59.0 Å². The molecular weight excluding hydrogens is 490 g/mol. The Balaban J connectivity index is 1.91. The van der Waals surface area contributed by atoms with Crippen LogP contribution < -0.4 is 4.74 Å². The summed E-state index contributed by atoms with van der Waals surface area (Å²) < 4.78 is 92.0. The second kappa shape index (κ2) is 10.1. The van der Waals surface area contributed by atoms with Crippen LogP contribution in [0.15, 0.2) is 99.6 Å². The lowest BCUT2D eigenvalue weighted by atomic mass is 10.0. The standard InChI is InChI=1S/C26H25F6O2S/c1-23(2,3)34-24(25(27,28)29,26(30,31)32)18-33-19-14-16-22(17-15-19)35(20-10-6-4-7-11-20)21-12-8-5-9-13-21/h4-17H,18H2,1-3H3/q+1. The largest absolute Gasteiger partial charge is 0.490 e. The molecule has 0 N–H and O–H groups in total. The summed E-state index contributed by atoms with van der Waals surface area (Å²) in [5, 5.41) is 0. The molecule has 188 valence electrons. The van der Waals surface area contributed by atoms with Gasteiger partial charge in [-0.1, -0.05) is 36.4 Å². The van der Waals surface area contributed by atoms with Gasteiger partial charge >= 0.3 is 12.4 Å². The summed E-state index contributed by atoms with van der Waals surface area (Å²) in [5.74, 6) is -0.131. The summed E-state index contributed by atoms with van der Waals surface area (Å²) >= 11 is 0. The van der Waals surface area contributed by atoms with Gasteiger partial charge in [-0.3, -0.25) is 0 Å². The van der Waals surface area contributed by atoms with Gasteiger partial charge in [-0.2, -0.15) is 26.3 Å². The van der Waals surface area contributed by atoms with E-state index < -0.39 is 41.1 Å². The van der Waals surface area contributed by atoms with Crippen molar-refractivity contribution in [3.63, 3.8) is 0 Å². The zero-order valence-electron chi connectivity index (χ0n) is 19.3. The third kappa shape index (κ3) is 6.32. The molecule has 0 spiro atoms. The third-order valence-corrected chi connectivity index (χ3v) is 7.09.